The van der Waals surface area contributed by atoms with Gasteiger partial charge in [0.25, 0.3) is 0 Å². The Morgan fingerprint density at radius 2 is 2.38 bits per heavy atom. The summed E-state index contributed by atoms with van der Waals surface area (Å²) in [6, 6.07) is 1.94. The van der Waals surface area contributed by atoms with Gasteiger partial charge in [-0.1, -0.05) is 6.08 Å². The zero-order chi connectivity index (χ0) is 15.6. The van der Waals surface area contributed by atoms with Gasteiger partial charge in [-0.2, -0.15) is 23.1 Å². The maximum atomic E-state index is 10.5. The SMILES string of the molecule is C=CCSCCNC(=NCC(C)(O)c1ccsc1)NCC. The first-order valence-corrected chi connectivity index (χ1v) is 9.15. The molecule has 0 saturated heterocycles. The molecule has 118 valence electrons. The third kappa shape index (κ3) is 7.02. The monoisotopic (exact) mass is 327 g/mol. The van der Waals surface area contributed by atoms with Crippen molar-refractivity contribution in [3.05, 3.63) is 35.0 Å². The molecule has 0 bridgehead atoms. The number of hydrogen-bond acceptors (Lipinski definition) is 4. The molecule has 4 nitrogen and oxygen atoms in total. The molecule has 0 aliphatic heterocycles. The van der Waals surface area contributed by atoms with Gasteiger partial charge in [-0.3, -0.25) is 0 Å². The molecular formula is C15H25N3OS2. The van der Waals surface area contributed by atoms with Crippen molar-refractivity contribution in [3.63, 3.8) is 0 Å². The largest absolute Gasteiger partial charge is 0.383 e. The van der Waals surface area contributed by atoms with Crippen LogP contribution in [0.4, 0.5) is 0 Å². The van der Waals surface area contributed by atoms with Gasteiger partial charge in [-0.15, -0.1) is 6.58 Å². The number of thiophene rings is 1. The second kappa shape index (κ2) is 9.87. The molecule has 0 spiro atoms. The third-order valence-electron chi connectivity index (χ3n) is 2.81. The van der Waals surface area contributed by atoms with E-state index in [1.165, 1.54) is 0 Å². The van der Waals surface area contributed by atoms with Gasteiger partial charge in [0.05, 0.1) is 6.54 Å². The van der Waals surface area contributed by atoms with E-state index in [4.69, 9.17) is 0 Å². The molecule has 6 heteroatoms. The first kappa shape index (κ1) is 18.1. The summed E-state index contributed by atoms with van der Waals surface area (Å²) in [5.74, 6) is 2.70. The summed E-state index contributed by atoms with van der Waals surface area (Å²) in [4.78, 5) is 4.48. The summed E-state index contributed by atoms with van der Waals surface area (Å²) < 4.78 is 0. The molecule has 0 amide bonds. The average Bonchev–Trinajstić information content (AvgIpc) is 2.99. The lowest BCUT2D eigenvalue weighted by Crippen LogP contribution is -2.39. The Hall–Kier alpha value is -0.980. The smallest absolute Gasteiger partial charge is 0.191 e. The predicted molar refractivity (Wildman–Crippen MR) is 95.4 cm³/mol. The Balaban J connectivity index is 2.48. The van der Waals surface area contributed by atoms with Crippen LogP contribution in [0.2, 0.25) is 0 Å². The van der Waals surface area contributed by atoms with Crippen molar-refractivity contribution in [2.75, 3.05) is 31.1 Å². The second-order valence-electron chi connectivity index (χ2n) is 4.77. The van der Waals surface area contributed by atoms with Gasteiger partial charge in [0, 0.05) is 24.6 Å². The summed E-state index contributed by atoms with van der Waals surface area (Å²) >= 11 is 3.41. The lowest BCUT2D eigenvalue weighted by Gasteiger charge is -2.21. The van der Waals surface area contributed by atoms with Crippen LogP contribution < -0.4 is 10.6 Å². The zero-order valence-electron chi connectivity index (χ0n) is 12.8. The van der Waals surface area contributed by atoms with Crippen LogP contribution in [0, 0.1) is 0 Å². The number of guanidine groups is 1. The molecule has 21 heavy (non-hydrogen) atoms. The first-order chi connectivity index (χ1) is 10.1. The lowest BCUT2D eigenvalue weighted by atomic mass is 10.00. The van der Waals surface area contributed by atoms with E-state index in [2.05, 4.69) is 22.2 Å². The maximum Gasteiger partial charge on any atom is 0.191 e. The second-order valence-corrected chi connectivity index (χ2v) is 6.70. The Kier molecular flexibility index (Phi) is 8.49. The summed E-state index contributed by atoms with van der Waals surface area (Å²) in [5, 5.41) is 20.9. The van der Waals surface area contributed by atoms with Gasteiger partial charge in [0.1, 0.15) is 5.60 Å². The van der Waals surface area contributed by atoms with E-state index in [0.717, 1.165) is 36.1 Å². The molecule has 0 radical (unpaired) electrons. The molecule has 1 aromatic rings. The number of hydrogen-bond donors (Lipinski definition) is 3. The van der Waals surface area contributed by atoms with Crippen LogP contribution in [0.3, 0.4) is 0 Å². The van der Waals surface area contributed by atoms with E-state index < -0.39 is 5.60 Å². The molecule has 1 atom stereocenters. The number of nitrogens with zero attached hydrogens (tertiary/aromatic N) is 1. The molecule has 1 unspecified atom stereocenters. The molecule has 0 aromatic carbocycles. The molecule has 0 saturated carbocycles. The number of nitrogens with one attached hydrogen (secondary N) is 2. The van der Waals surface area contributed by atoms with Gasteiger partial charge in [-0.05, 0) is 36.2 Å². The van der Waals surface area contributed by atoms with Crippen molar-refractivity contribution in [1.82, 2.24) is 10.6 Å². The fourth-order valence-electron chi connectivity index (χ4n) is 1.65. The Bertz CT molecular complexity index is 430. The molecule has 0 aliphatic rings. The van der Waals surface area contributed by atoms with Crippen molar-refractivity contribution < 1.29 is 5.11 Å². The van der Waals surface area contributed by atoms with E-state index in [-0.39, 0.29) is 0 Å². The van der Waals surface area contributed by atoms with Crippen LogP contribution >= 0.6 is 23.1 Å². The van der Waals surface area contributed by atoms with Crippen molar-refractivity contribution in [2.24, 2.45) is 4.99 Å². The van der Waals surface area contributed by atoms with E-state index >= 15 is 0 Å². The molecular weight excluding hydrogens is 302 g/mol. The van der Waals surface area contributed by atoms with Gasteiger partial charge < -0.3 is 15.7 Å². The molecule has 3 N–H and O–H groups in total. The van der Waals surface area contributed by atoms with Gasteiger partial charge in [0.2, 0.25) is 0 Å². The highest BCUT2D eigenvalue weighted by Crippen LogP contribution is 2.23. The summed E-state index contributed by atoms with van der Waals surface area (Å²) in [7, 11) is 0. The normalized spacial score (nSPS) is 14.5. The Morgan fingerprint density at radius 3 is 3.00 bits per heavy atom. The minimum Gasteiger partial charge on any atom is -0.383 e. The highest BCUT2D eigenvalue weighted by molar-refractivity contribution is 7.99. The molecule has 1 heterocycles. The van der Waals surface area contributed by atoms with Gasteiger partial charge in [0.15, 0.2) is 5.96 Å². The third-order valence-corrected chi connectivity index (χ3v) is 4.45. The van der Waals surface area contributed by atoms with Crippen LogP contribution in [-0.2, 0) is 5.60 Å². The predicted octanol–water partition coefficient (Wildman–Crippen LogP) is 2.43. The highest BCUT2D eigenvalue weighted by Gasteiger charge is 2.23. The van der Waals surface area contributed by atoms with Gasteiger partial charge in [-0.25, -0.2) is 4.99 Å². The quantitative estimate of drug-likeness (QED) is 0.282. The van der Waals surface area contributed by atoms with E-state index in [9.17, 15) is 5.11 Å². The zero-order valence-corrected chi connectivity index (χ0v) is 14.4. The van der Waals surface area contributed by atoms with Crippen LogP contribution in [0.1, 0.15) is 19.4 Å². The van der Waals surface area contributed by atoms with Crippen molar-refractivity contribution in [1.29, 1.82) is 0 Å². The number of aliphatic hydroxyl groups is 1. The van der Waals surface area contributed by atoms with Crippen LogP contribution in [-0.4, -0.2) is 42.2 Å². The molecule has 1 aromatic heterocycles. The van der Waals surface area contributed by atoms with E-state index in [1.807, 2.05) is 41.6 Å². The molecule has 0 fully saturated rings. The summed E-state index contributed by atoms with van der Waals surface area (Å²) in [6.45, 7) is 9.49. The molecule has 0 aliphatic carbocycles. The van der Waals surface area contributed by atoms with Crippen LogP contribution in [0.15, 0.2) is 34.5 Å². The number of rotatable bonds is 9. The van der Waals surface area contributed by atoms with Crippen LogP contribution in [0.5, 0.6) is 0 Å². The minimum atomic E-state index is -0.931. The average molecular weight is 328 g/mol. The minimum absolute atomic E-state index is 0.332. The topological polar surface area (TPSA) is 56.7 Å². The summed E-state index contributed by atoms with van der Waals surface area (Å²) in [6.07, 6.45) is 1.90. The number of thioether (sulfide) groups is 1. The maximum absolute atomic E-state index is 10.5. The number of aliphatic imine (C=N–C) groups is 1. The standard InChI is InChI=1S/C15H25N3OS2/c1-4-8-20-10-7-17-14(16-5-2)18-12-15(3,19)13-6-9-21-11-13/h4,6,9,11,19H,1,5,7-8,10,12H2,2-3H3,(H2,16,17,18). The summed E-state index contributed by atoms with van der Waals surface area (Å²) in [5.41, 5.74) is -0.0198. The van der Waals surface area contributed by atoms with Crippen molar-refractivity contribution >= 4 is 29.1 Å². The van der Waals surface area contributed by atoms with E-state index in [1.54, 1.807) is 18.3 Å². The fourth-order valence-corrected chi connectivity index (χ4v) is 3.01. The van der Waals surface area contributed by atoms with Gasteiger partial charge >= 0.3 is 0 Å². The highest BCUT2D eigenvalue weighted by atomic mass is 32.2. The van der Waals surface area contributed by atoms with Crippen LogP contribution in [0.25, 0.3) is 0 Å². The van der Waals surface area contributed by atoms with Crippen molar-refractivity contribution in [2.45, 2.75) is 19.4 Å². The molecule has 1 rings (SSSR count). The Labute approximate surface area is 135 Å². The Morgan fingerprint density at radius 1 is 1.57 bits per heavy atom. The first-order valence-electron chi connectivity index (χ1n) is 7.06. The van der Waals surface area contributed by atoms with E-state index in [0.29, 0.717) is 6.54 Å². The van der Waals surface area contributed by atoms with Crippen molar-refractivity contribution in [3.8, 4) is 0 Å². The fraction of sp³-hybridized carbons (Fsp3) is 0.533. The lowest BCUT2D eigenvalue weighted by molar-refractivity contribution is 0.0677.